The van der Waals surface area contributed by atoms with Crippen molar-refractivity contribution in [2.24, 2.45) is 0 Å². The standard InChI is InChI=1S/C4H7N.C3H6O3/c1-2-3-4-5;1-2-6-3(4)5/h2-3H2,1H3;2H2,1H3,(H,4,5). The van der Waals surface area contributed by atoms with E-state index in [4.69, 9.17) is 10.4 Å². The summed E-state index contributed by atoms with van der Waals surface area (Å²) in [6, 6.07) is 2.02. The largest absolute Gasteiger partial charge is 0.505 e. The van der Waals surface area contributed by atoms with Crippen molar-refractivity contribution >= 4 is 6.16 Å². The van der Waals surface area contributed by atoms with Crippen molar-refractivity contribution in [2.75, 3.05) is 6.61 Å². The van der Waals surface area contributed by atoms with Gasteiger partial charge in [0.2, 0.25) is 0 Å². The molecule has 0 saturated carbocycles. The van der Waals surface area contributed by atoms with Crippen LogP contribution in [-0.4, -0.2) is 17.9 Å². The van der Waals surface area contributed by atoms with E-state index in [9.17, 15) is 4.79 Å². The molecule has 0 bridgehead atoms. The Morgan fingerprint density at radius 1 is 1.64 bits per heavy atom. The molecule has 0 aliphatic rings. The average molecular weight is 159 g/mol. The van der Waals surface area contributed by atoms with Gasteiger partial charge in [0.15, 0.2) is 0 Å². The summed E-state index contributed by atoms with van der Waals surface area (Å²) in [6.45, 7) is 3.84. The number of ether oxygens (including phenoxy) is 1. The van der Waals surface area contributed by atoms with Gasteiger partial charge in [0, 0.05) is 6.42 Å². The van der Waals surface area contributed by atoms with Gasteiger partial charge < -0.3 is 9.84 Å². The van der Waals surface area contributed by atoms with Gasteiger partial charge in [0.05, 0.1) is 12.7 Å². The van der Waals surface area contributed by atoms with Crippen LogP contribution >= 0.6 is 0 Å². The number of nitriles is 1. The van der Waals surface area contributed by atoms with Gasteiger partial charge >= 0.3 is 6.16 Å². The molecule has 0 aliphatic carbocycles. The van der Waals surface area contributed by atoms with Gasteiger partial charge in [-0.15, -0.1) is 0 Å². The van der Waals surface area contributed by atoms with Crippen LogP contribution in [0, 0.1) is 11.3 Å². The van der Waals surface area contributed by atoms with Gasteiger partial charge in [0.25, 0.3) is 0 Å². The minimum atomic E-state index is -1.21. The van der Waals surface area contributed by atoms with Crippen LogP contribution in [0.25, 0.3) is 0 Å². The van der Waals surface area contributed by atoms with Crippen LogP contribution in [-0.2, 0) is 4.74 Å². The molecule has 0 aliphatic heterocycles. The van der Waals surface area contributed by atoms with Gasteiger partial charge in [-0.25, -0.2) is 4.79 Å². The number of hydrogen-bond acceptors (Lipinski definition) is 3. The molecule has 0 fully saturated rings. The topological polar surface area (TPSA) is 70.3 Å². The van der Waals surface area contributed by atoms with Gasteiger partial charge in [0.1, 0.15) is 0 Å². The third-order valence-corrected chi connectivity index (χ3v) is 0.630. The Morgan fingerprint density at radius 2 is 2.18 bits per heavy atom. The molecule has 4 heteroatoms. The zero-order valence-electron chi connectivity index (χ0n) is 6.83. The molecule has 0 amide bonds. The summed E-state index contributed by atoms with van der Waals surface area (Å²) >= 11 is 0. The van der Waals surface area contributed by atoms with Crippen molar-refractivity contribution in [3.05, 3.63) is 0 Å². The van der Waals surface area contributed by atoms with E-state index in [-0.39, 0.29) is 6.61 Å². The highest BCUT2D eigenvalue weighted by Gasteiger charge is 1.86. The van der Waals surface area contributed by atoms with Crippen LogP contribution in [0.4, 0.5) is 4.79 Å². The molecule has 0 unspecified atom stereocenters. The van der Waals surface area contributed by atoms with Crippen molar-refractivity contribution in [3.63, 3.8) is 0 Å². The molecule has 0 aromatic rings. The molecule has 0 saturated heterocycles. The van der Waals surface area contributed by atoms with E-state index in [0.29, 0.717) is 6.42 Å². The van der Waals surface area contributed by atoms with E-state index in [1.54, 1.807) is 6.92 Å². The summed E-state index contributed by atoms with van der Waals surface area (Å²) in [4.78, 5) is 9.38. The van der Waals surface area contributed by atoms with Crippen molar-refractivity contribution in [1.82, 2.24) is 0 Å². The first-order valence-electron chi connectivity index (χ1n) is 3.41. The Morgan fingerprint density at radius 3 is 2.18 bits per heavy atom. The molecule has 11 heavy (non-hydrogen) atoms. The van der Waals surface area contributed by atoms with Crippen LogP contribution in [0.1, 0.15) is 26.7 Å². The van der Waals surface area contributed by atoms with Crippen molar-refractivity contribution < 1.29 is 14.6 Å². The molecule has 64 valence electrons. The van der Waals surface area contributed by atoms with Crippen LogP contribution in [0.3, 0.4) is 0 Å². The predicted molar refractivity (Wildman–Crippen MR) is 40.2 cm³/mol. The fourth-order valence-corrected chi connectivity index (χ4v) is 0.235. The number of hydrogen-bond donors (Lipinski definition) is 1. The highest BCUT2D eigenvalue weighted by Crippen LogP contribution is 1.77. The minimum Gasteiger partial charge on any atom is -0.450 e. The predicted octanol–water partition coefficient (Wildman–Crippen LogP) is 2.01. The first-order valence-corrected chi connectivity index (χ1v) is 3.41. The van der Waals surface area contributed by atoms with E-state index >= 15 is 0 Å². The molecule has 0 rings (SSSR count). The molecule has 0 aromatic carbocycles. The maximum absolute atomic E-state index is 9.38. The van der Waals surface area contributed by atoms with Crippen LogP contribution in [0.15, 0.2) is 0 Å². The Balaban J connectivity index is 0. The minimum absolute atomic E-state index is 0.231. The van der Waals surface area contributed by atoms with Crippen LogP contribution in [0.5, 0.6) is 0 Å². The Kier molecular flexibility index (Phi) is 13.1. The maximum Gasteiger partial charge on any atom is 0.505 e. The monoisotopic (exact) mass is 159 g/mol. The Hall–Kier alpha value is -1.24. The van der Waals surface area contributed by atoms with Gasteiger partial charge in [-0.2, -0.15) is 5.26 Å². The second kappa shape index (κ2) is 11.5. The van der Waals surface area contributed by atoms with Crippen LogP contribution < -0.4 is 0 Å². The summed E-state index contributed by atoms with van der Waals surface area (Å²) in [5.41, 5.74) is 0. The Labute approximate surface area is 66.4 Å². The number of carboxylic acid groups (broad SMARTS) is 1. The number of unbranched alkanes of at least 4 members (excludes halogenated alkanes) is 1. The van der Waals surface area contributed by atoms with Gasteiger partial charge in [-0.3, -0.25) is 0 Å². The van der Waals surface area contributed by atoms with E-state index in [1.165, 1.54) is 0 Å². The normalized spacial score (nSPS) is 7.00. The Bertz CT molecular complexity index is 128. The number of carbonyl (C=O) groups is 1. The third-order valence-electron chi connectivity index (χ3n) is 0.630. The summed E-state index contributed by atoms with van der Waals surface area (Å²) in [6.07, 6.45) is 0.466. The second-order valence-corrected chi connectivity index (χ2v) is 1.61. The SMILES string of the molecule is CCCC#N.CCOC(=O)O. The fraction of sp³-hybridized carbons (Fsp3) is 0.714. The summed E-state index contributed by atoms with van der Waals surface area (Å²) in [7, 11) is 0. The fourth-order valence-electron chi connectivity index (χ4n) is 0.235. The first-order chi connectivity index (χ1) is 5.18. The van der Waals surface area contributed by atoms with E-state index in [1.807, 2.05) is 13.0 Å². The second-order valence-electron chi connectivity index (χ2n) is 1.61. The quantitative estimate of drug-likeness (QED) is 0.625. The molecule has 4 nitrogen and oxygen atoms in total. The highest BCUT2D eigenvalue weighted by molar-refractivity contribution is 5.56. The maximum atomic E-state index is 9.38. The summed E-state index contributed by atoms with van der Waals surface area (Å²) < 4.78 is 3.96. The first kappa shape index (κ1) is 12.4. The molecule has 1 N–H and O–H groups in total. The lowest BCUT2D eigenvalue weighted by molar-refractivity contribution is 0.0966. The zero-order chi connectivity index (χ0) is 9.11. The summed E-state index contributed by atoms with van der Waals surface area (Å²) in [5, 5.41) is 15.5. The van der Waals surface area contributed by atoms with Gasteiger partial charge in [-0.05, 0) is 13.3 Å². The summed E-state index contributed by atoms with van der Waals surface area (Å²) in [5.74, 6) is 0. The molecular formula is C7H13NO3. The number of rotatable bonds is 2. The molecule has 0 atom stereocenters. The van der Waals surface area contributed by atoms with E-state index in [0.717, 1.165) is 6.42 Å². The van der Waals surface area contributed by atoms with E-state index in [2.05, 4.69) is 4.74 Å². The number of nitrogens with zero attached hydrogens (tertiary/aromatic N) is 1. The van der Waals surface area contributed by atoms with Crippen molar-refractivity contribution in [1.29, 1.82) is 5.26 Å². The lowest BCUT2D eigenvalue weighted by Crippen LogP contribution is -1.97. The van der Waals surface area contributed by atoms with Crippen LogP contribution in [0.2, 0.25) is 0 Å². The van der Waals surface area contributed by atoms with Crippen molar-refractivity contribution in [2.45, 2.75) is 26.7 Å². The zero-order valence-corrected chi connectivity index (χ0v) is 6.83. The van der Waals surface area contributed by atoms with Crippen molar-refractivity contribution in [3.8, 4) is 6.07 Å². The molecule has 0 spiro atoms. The average Bonchev–Trinajstić information content (AvgIpc) is 1.90. The van der Waals surface area contributed by atoms with Gasteiger partial charge in [-0.1, -0.05) is 6.92 Å². The smallest absolute Gasteiger partial charge is 0.450 e. The lowest BCUT2D eigenvalue weighted by atomic mass is 10.4. The molecule has 0 heterocycles. The molecule has 0 aromatic heterocycles. The lowest BCUT2D eigenvalue weighted by Gasteiger charge is -1.87. The van der Waals surface area contributed by atoms with E-state index < -0.39 is 6.16 Å². The highest BCUT2D eigenvalue weighted by atomic mass is 16.7. The molecule has 0 radical (unpaired) electrons. The third kappa shape index (κ3) is 28.3. The molecular weight excluding hydrogens is 146 g/mol.